The van der Waals surface area contributed by atoms with Crippen LogP contribution in [0.4, 0.5) is 0 Å². The van der Waals surface area contributed by atoms with Crippen LogP contribution in [-0.4, -0.2) is 31.5 Å². The third-order valence-electron chi connectivity index (χ3n) is 2.76. The number of nitrogens with zero attached hydrogens (tertiary/aromatic N) is 1. The first-order valence-electron chi connectivity index (χ1n) is 6.51. The quantitative estimate of drug-likeness (QED) is 0.619. The van der Waals surface area contributed by atoms with Crippen molar-refractivity contribution in [2.75, 3.05) is 13.2 Å². The van der Waals surface area contributed by atoms with Crippen molar-refractivity contribution in [3.05, 3.63) is 42.5 Å². The molecule has 0 atom stereocenters. The van der Waals surface area contributed by atoms with Crippen molar-refractivity contribution < 1.29 is 13.2 Å². The molecule has 4 N–H and O–H groups in total. The van der Waals surface area contributed by atoms with Gasteiger partial charge in [0.25, 0.3) is 0 Å². The fourth-order valence-electron chi connectivity index (χ4n) is 1.63. The maximum absolute atomic E-state index is 12.1. The molecule has 0 saturated carbocycles. The number of aromatic amines is 1. The lowest BCUT2D eigenvalue weighted by Gasteiger charge is -2.08. The number of imidazole rings is 1. The second kappa shape index (κ2) is 7.21. The van der Waals surface area contributed by atoms with E-state index in [4.69, 9.17) is 10.5 Å². The van der Waals surface area contributed by atoms with E-state index >= 15 is 0 Å². The van der Waals surface area contributed by atoms with Gasteiger partial charge in [0, 0.05) is 11.9 Å². The highest BCUT2D eigenvalue weighted by Gasteiger charge is 2.13. The van der Waals surface area contributed by atoms with E-state index in [1.807, 2.05) is 0 Å². The number of hydrogen-bond acceptors (Lipinski definition) is 5. The van der Waals surface area contributed by atoms with Crippen molar-refractivity contribution in [2.45, 2.75) is 17.9 Å². The van der Waals surface area contributed by atoms with Crippen LogP contribution in [0.25, 0.3) is 0 Å². The molecule has 2 rings (SSSR count). The van der Waals surface area contributed by atoms with E-state index < -0.39 is 10.0 Å². The Balaban J connectivity index is 1.96. The van der Waals surface area contributed by atoms with E-state index in [0.29, 0.717) is 24.6 Å². The summed E-state index contributed by atoms with van der Waals surface area (Å²) < 4.78 is 32.1. The number of aromatic nitrogens is 2. The van der Waals surface area contributed by atoms with Gasteiger partial charge in [-0.3, -0.25) is 0 Å². The molecule has 0 saturated heterocycles. The summed E-state index contributed by atoms with van der Waals surface area (Å²) in [6.45, 7) is 1.24. The molecule has 2 aromatic rings. The lowest BCUT2D eigenvalue weighted by atomic mass is 10.3. The molecule has 0 spiro atoms. The molecule has 0 bridgehead atoms. The van der Waals surface area contributed by atoms with Crippen molar-refractivity contribution in [3.8, 4) is 5.75 Å². The fourth-order valence-corrected chi connectivity index (χ4v) is 2.63. The van der Waals surface area contributed by atoms with Crippen LogP contribution in [0.15, 0.2) is 41.7 Å². The number of rotatable bonds is 8. The second-order valence-corrected chi connectivity index (χ2v) is 6.13. The summed E-state index contributed by atoms with van der Waals surface area (Å²) in [6, 6.07) is 6.27. The van der Waals surface area contributed by atoms with Crippen LogP contribution >= 0.6 is 0 Å². The van der Waals surface area contributed by atoms with E-state index in [0.717, 1.165) is 6.42 Å². The van der Waals surface area contributed by atoms with Crippen LogP contribution in [0.5, 0.6) is 5.75 Å². The number of benzene rings is 1. The Morgan fingerprint density at radius 1 is 1.29 bits per heavy atom. The average molecular weight is 310 g/mol. The van der Waals surface area contributed by atoms with E-state index in [2.05, 4.69) is 14.7 Å². The zero-order valence-corrected chi connectivity index (χ0v) is 12.3. The number of hydrogen-bond donors (Lipinski definition) is 3. The van der Waals surface area contributed by atoms with Crippen molar-refractivity contribution in [1.29, 1.82) is 0 Å². The van der Waals surface area contributed by atoms with Gasteiger partial charge >= 0.3 is 0 Å². The van der Waals surface area contributed by atoms with Gasteiger partial charge in [0.1, 0.15) is 5.75 Å². The van der Waals surface area contributed by atoms with Gasteiger partial charge in [-0.2, -0.15) is 0 Å². The van der Waals surface area contributed by atoms with Crippen molar-refractivity contribution in [1.82, 2.24) is 14.7 Å². The standard InChI is InChI=1S/C13H18N4O3S/c14-6-1-7-20-12-2-4-13(5-3-12)21(18,19)17-9-11-8-15-10-16-11/h2-5,8,10,17H,1,6-7,9,14H2,(H,15,16). The first kappa shape index (κ1) is 15.5. The molecule has 8 heteroatoms. The van der Waals surface area contributed by atoms with Crippen molar-refractivity contribution in [3.63, 3.8) is 0 Å². The first-order valence-corrected chi connectivity index (χ1v) is 8.00. The minimum atomic E-state index is -3.55. The molecule has 1 aromatic carbocycles. The Hall–Kier alpha value is -1.90. The summed E-state index contributed by atoms with van der Waals surface area (Å²) >= 11 is 0. The summed E-state index contributed by atoms with van der Waals surface area (Å²) in [7, 11) is -3.55. The zero-order chi connectivity index (χ0) is 15.1. The lowest BCUT2D eigenvalue weighted by molar-refractivity contribution is 0.313. The lowest BCUT2D eigenvalue weighted by Crippen LogP contribution is -2.23. The summed E-state index contributed by atoms with van der Waals surface area (Å²) in [6.07, 6.45) is 3.82. The second-order valence-electron chi connectivity index (χ2n) is 4.36. The Morgan fingerprint density at radius 3 is 2.67 bits per heavy atom. The Kier molecular flexibility index (Phi) is 5.32. The monoisotopic (exact) mass is 310 g/mol. The number of H-pyrrole nitrogens is 1. The van der Waals surface area contributed by atoms with Gasteiger partial charge in [-0.15, -0.1) is 0 Å². The highest BCUT2D eigenvalue weighted by atomic mass is 32.2. The summed E-state index contributed by atoms with van der Waals surface area (Å²) in [5.41, 5.74) is 6.07. The first-order chi connectivity index (χ1) is 10.1. The summed E-state index contributed by atoms with van der Waals surface area (Å²) in [5.74, 6) is 0.621. The molecular weight excluding hydrogens is 292 g/mol. The largest absolute Gasteiger partial charge is 0.494 e. The topological polar surface area (TPSA) is 110 Å². The predicted molar refractivity (Wildman–Crippen MR) is 78.2 cm³/mol. The number of nitrogens with two attached hydrogens (primary N) is 1. The molecule has 1 aromatic heterocycles. The maximum atomic E-state index is 12.1. The van der Waals surface area contributed by atoms with Gasteiger partial charge in [-0.25, -0.2) is 18.1 Å². The molecule has 0 aliphatic rings. The fraction of sp³-hybridized carbons (Fsp3) is 0.308. The molecule has 0 fully saturated rings. The molecule has 7 nitrogen and oxygen atoms in total. The Bertz CT molecular complexity index is 639. The average Bonchev–Trinajstić information content (AvgIpc) is 3.00. The summed E-state index contributed by atoms with van der Waals surface area (Å²) in [4.78, 5) is 6.85. The van der Waals surface area contributed by atoms with Crippen molar-refractivity contribution in [2.24, 2.45) is 5.73 Å². The highest BCUT2D eigenvalue weighted by Crippen LogP contribution is 2.16. The van der Waals surface area contributed by atoms with E-state index in [1.165, 1.54) is 18.5 Å². The van der Waals surface area contributed by atoms with Crippen LogP contribution in [0.2, 0.25) is 0 Å². The van der Waals surface area contributed by atoms with Crippen LogP contribution < -0.4 is 15.2 Å². The highest BCUT2D eigenvalue weighted by molar-refractivity contribution is 7.89. The Morgan fingerprint density at radius 2 is 2.05 bits per heavy atom. The van der Waals surface area contributed by atoms with Gasteiger partial charge < -0.3 is 15.5 Å². The smallest absolute Gasteiger partial charge is 0.240 e. The third kappa shape index (κ3) is 4.55. The molecule has 0 aliphatic carbocycles. The van der Waals surface area contributed by atoms with Crippen LogP contribution in [0, 0.1) is 0 Å². The van der Waals surface area contributed by atoms with Crippen LogP contribution in [0.1, 0.15) is 12.1 Å². The molecule has 0 radical (unpaired) electrons. The molecule has 0 unspecified atom stereocenters. The number of nitrogens with one attached hydrogen (secondary N) is 2. The van der Waals surface area contributed by atoms with Crippen LogP contribution in [0.3, 0.4) is 0 Å². The molecule has 0 aliphatic heterocycles. The minimum Gasteiger partial charge on any atom is -0.494 e. The molecule has 1 heterocycles. The SMILES string of the molecule is NCCCOc1ccc(S(=O)(=O)NCc2cnc[nH]2)cc1. The third-order valence-corrected chi connectivity index (χ3v) is 4.18. The van der Waals surface area contributed by atoms with E-state index in [9.17, 15) is 8.42 Å². The number of sulfonamides is 1. The molecular formula is C13H18N4O3S. The predicted octanol–water partition coefficient (Wildman–Crippen LogP) is 0.616. The van der Waals surface area contributed by atoms with E-state index in [-0.39, 0.29) is 11.4 Å². The van der Waals surface area contributed by atoms with Gasteiger partial charge in [0.05, 0.1) is 24.4 Å². The van der Waals surface area contributed by atoms with Gasteiger partial charge in [-0.05, 0) is 37.2 Å². The normalized spacial score (nSPS) is 11.5. The minimum absolute atomic E-state index is 0.164. The number of ether oxygens (including phenoxy) is 1. The summed E-state index contributed by atoms with van der Waals surface area (Å²) in [5, 5.41) is 0. The van der Waals surface area contributed by atoms with Gasteiger partial charge in [0.15, 0.2) is 0 Å². The van der Waals surface area contributed by atoms with Crippen molar-refractivity contribution >= 4 is 10.0 Å². The van der Waals surface area contributed by atoms with Crippen LogP contribution in [-0.2, 0) is 16.6 Å². The maximum Gasteiger partial charge on any atom is 0.240 e. The van der Waals surface area contributed by atoms with E-state index in [1.54, 1.807) is 18.3 Å². The molecule has 0 amide bonds. The zero-order valence-electron chi connectivity index (χ0n) is 11.5. The molecule has 21 heavy (non-hydrogen) atoms. The van der Waals surface area contributed by atoms with Gasteiger partial charge in [-0.1, -0.05) is 0 Å². The molecule has 114 valence electrons. The van der Waals surface area contributed by atoms with Gasteiger partial charge in [0.2, 0.25) is 10.0 Å². The Labute approximate surface area is 123 Å².